The van der Waals surface area contributed by atoms with Gasteiger partial charge in [-0.25, -0.2) is 0 Å². The summed E-state index contributed by atoms with van der Waals surface area (Å²) in [7, 11) is 0. The van der Waals surface area contributed by atoms with Crippen LogP contribution < -0.4 is 10.1 Å². The Balaban J connectivity index is 1.69. The van der Waals surface area contributed by atoms with Gasteiger partial charge in [0, 0.05) is 23.4 Å². The van der Waals surface area contributed by atoms with Crippen LogP contribution in [0.2, 0.25) is 0 Å². The molecule has 0 aliphatic carbocycles. The highest BCUT2D eigenvalue weighted by Crippen LogP contribution is 2.40. The van der Waals surface area contributed by atoms with Crippen molar-refractivity contribution in [1.82, 2.24) is 10.1 Å². The number of aryl methyl sites for hydroxylation is 1. The summed E-state index contributed by atoms with van der Waals surface area (Å²) in [6, 6.07) is 8.14. The van der Waals surface area contributed by atoms with Crippen molar-refractivity contribution in [3.05, 3.63) is 47.5 Å². The van der Waals surface area contributed by atoms with Crippen LogP contribution in [0.4, 0.5) is 32.0 Å². The van der Waals surface area contributed by atoms with E-state index < -0.39 is 29.8 Å². The molecule has 0 radical (unpaired) electrons. The monoisotopic (exact) mass is 457 g/mol. The molecule has 32 heavy (non-hydrogen) atoms. The highest BCUT2D eigenvalue weighted by Gasteiger charge is 2.41. The van der Waals surface area contributed by atoms with Crippen LogP contribution in [0.1, 0.15) is 24.5 Å². The molecule has 1 N–H and O–H groups in total. The molecule has 0 amide bonds. The van der Waals surface area contributed by atoms with E-state index in [0.29, 0.717) is 18.6 Å². The molecule has 0 spiro atoms. The summed E-state index contributed by atoms with van der Waals surface area (Å²) < 4.78 is 88.5. The van der Waals surface area contributed by atoms with Gasteiger partial charge in [0.1, 0.15) is 5.75 Å². The molecule has 0 saturated carbocycles. The molecule has 11 heteroatoms. The van der Waals surface area contributed by atoms with E-state index in [1.54, 1.807) is 6.07 Å². The third kappa shape index (κ3) is 4.37. The molecule has 170 valence electrons. The molecule has 0 fully saturated rings. The van der Waals surface area contributed by atoms with Crippen molar-refractivity contribution in [2.75, 3.05) is 11.9 Å². The third-order valence-electron chi connectivity index (χ3n) is 5.04. The highest BCUT2D eigenvalue weighted by molar-refractivity contribution is 5.77. The molecule has 4 rings (SSSR count). The smallest absolute Gasteiger partial charge is 0.425 e. The van der Waals surface area contributed by atoms with Crippen LogP contribution in [0, 0.1) is 0 Å². The SMILES string of the molecule is CC(Oc1ccc(-c2nc(-c3cccc4c3NCCC4)no2)cc1C(F)(F)F)C(F)(F)F. The van der Waals surface area contributed by atoms with Crippen LogP contribution in [-0.4, -0.2) is 29.0 Å². The van der Waals surface area contributed by atoms with E-state index >= 15 is 0 Å². The molecule has 1 aromatic heterocycles. The summed E-state index contributed by atoms with van der Waals surface area (Å²) in [6.07, 6.45) is -10.3. The first-order valence-electron chi connectivity index (χ1n) is 9.69. The molecular formula is C21H17F6N3O2. The van der Waals surface area contributed by atoms with E-state index in [1.807, 2.05) is 12.1 Å². The molecule has 0 bridgehead atoms. The summed E-state index contributed by atoms with van der Waals surface area (Å²) in [4.78, 5) is 4.21. The maximum atomic E-state index is 13.5. The fraction of sp³-hybridized carbons (Fsp3) is 0.333. The standard InChI is InChI=1S/C21H17F6N3O2/c1-11(20(22,23)24)31-16-8-7-13(10-15(16)21(25,26)27)19-29-18(30-32-19)14-6-2-4-12-5-3-9-28-17(12)14/h2,4,6-8,10-11,28H,3,5,9H2,1H3. The van der Waals surface area contributed by atoms with Crippen molar-refractivity contribution in [2.24, 2.45) is 0 Å². The van der Waals surface area contributed by atoms with Crippen LogP contribution in [0.25, 0.3) is 22.8 Å². The van der Waals surface area contributed by atoms with Gasteiger partial charge in [-0.3, -0.25) is 0 Å². The van der Waals surface area contributed by atoms with Crippen molar-refractivity contribution < 1.29 is 35.6 Å². The van der Waals surface area contributed by atoms with Crippen LogP contribution in [0.15, 0.2) is 40.9 Å². The Morgan fingerprint density at radius 2 is 1.88 bits per heavy atom. The molecule has 0 saturated heterocycles. The van der Waals surface area contributed by atoms with E-state index in [1.165, 1.54) is 0 Å². The zero-order valence-electron chi connectivity index (χ0n) is 16.6. The van der Waals surface area contributed by atoms with Crippen molar-refractivity contribution in [1.29, 1.82) is 0 Å². The Labute approximate surface area is 178 Å². The van der Waals surface area contributed by atoms with Gasteiger partial charge in [0.05, 0.1) is 5.56 Å². The summed E-state index contributed by atoms with van der Waals surface area (Å²) in [6.45, 7) is 1.40. The first-order valence-corrected chi connectivity index (χ1v) is 9.69. The van der Waals surface area contributed by atoms with Crippen LogP contribution >= 0.6 is 0 Å². The first kappa shape index (κ1) is 22.0. The Morgan fingerprint density at radius 3 is 2.59 bits per heavy atom. The second-order valence-corrected chi connectivity index (χ2v) is 7.30. The number of fused-ring (bicyclic) bond motifs is 1. The Hall–Kier alpha value is -3.24. The average molecular weight is 457 g/mol. The first-order chi connectivity index (χ1) is 15.0. The van der Waals surface area contributed by atoms with Crippen LogP contribution in [0.5, 0.6) is 5.75 Å². The number of para-hydroxylation sites is 1. The van der Waals surface area contributed by atoms with Gasteiger partial charge in [0.2, 0.25) is 5.82 Å². The zero-order chi connectivity index (χ0) is 23.1. The van der Waals surface area contributed by atoms with Crippen molar-refractivity contribution >= 4 is 5.69 Å². The lowest BCUT2D eigenvalue weighted by Gasteiger charge is -2.21. The number of aromatic nitrogens is 2. The van der Waals surface area contributed by atoms with Crippen LogP contribution in [-0.2, 0) is 12.6 Å². The second kappa shape index (κ2) is 8.03. The predicted molar refractivity (Wildman–Crippen MR) is 103 cm³/mol. The lowest BCUT2D eigenvalue weighted by Crippen LogP contribution is -2.31. The minimum absolute atomic E-state index is 0.0964. The number of hydrogen-bond donors (Lipinski definition) is 1. The number of nitrogens with one attached hydrogen (secondary N) is 1. The number of hydrogen-bond acceptors (Lipinski definition) is 5. The number of ether oxygens (including phenoxy) is 1. The lowest BCUT2D eigenvalue weighted by molar-refractivity contribution is -0.191. The maximum absolute atomic E-state index is 13.5. The summed E-state index contributed by atoms with van der Waals surface area (Å²) in [5, 5.41) is 7.15. The normalized spacial score (nSPS) is 15.1. The highest BCUT2D eigenvalue weighted by atomic mass is 19.4. The Kier molecular flexibility index (Phi) is 5.51. The molecule has 2 aromatic carbocycles. The third-order valence-corrected chi connectivity index (χ3v) is 5.04. The van der Waals surface area contributed by atoms with E-state index in [9.17, 15) is 26.3 Å². The van der Waals surface area contributed by atoms with E-state index in [0.717, 1.165) is 42.8 Å². The lowest BCUT2D eigenvalue weighted by atomic mass is 9.99. The van der Waals surface area contributed by atoms with Crippen molar-refractivity contribution in [2.45, 2.75) is 38.2 Å². The van der Waals surface area contributed by atoms with E-state index in [2.05, 4.69) is 20.2 Å². The fourth-order valence-electron chi connectivity index (χ4n) is 3.39. The Bertz CT molecular complexity index is 1120. The number of benzene rings is 2. The number of anilines is 1. The molecule has 1 aliphatic rings. The maximum Gasteiger partial charge on any atom is 0.425 e. The zero-order valence-corrected chi connectivity index (χ0v) is 16.6. The molecular weight excluding hydrogens is 440 g/mol. The molecule has 2 heterocycles. The summed E-state index contributed by atoms with van der Waals surface area (Å²) >= 11 is 0. The van der Waals surface area contributed by atoms with Gasteiger partial charge in [-0.05, 0) is 49.6 Å². The Morgan fingerprint density at radius 1 is 1.09 bits per heavy atom. The van der Waals surface area contributed by atoms with Crippen molar-refractivity contribution in [3.63, 3.8) is 0 Å². The molecule has 1 unspecified atom stereocenters. The minimum Gasteiger partial charge on any atom is -0.481 e. The van der Waals surface area contributed by atoms with Gasteiger partial charge in [0.15, 0.2) is 6.10 Å². The van der Waals surface area contributed by atoms with Gasteiger partial charge >= 0.3 is 12.4 Å². The number of rotatable bonds is 4. The van der Waals surface area contributed by atoms with Gasteiger partial charge in [-0.15, -0.1) is 0 Å². The number of alkyl halides is 6. The molecule has 1 aliphatic heterocycles. The summed E-state index contributed by atoms with van der Waals surface area (Å²) in [5.74, 6) is -0.952. The number of nitrogens with zero attached hydrogens (tertiary/aromatic N) is 2. The second-order valence-electron chi connectivity index (χ2n) is 7.30. The summed E-state index contributed by atoms with van der Waals surface area (Å²) in [5.41, 5.74) is 1.09. The number of halogens is 6. The molecule has 5 nitrogen and oxygen atoms in total. The van der Waals surface area contributed by atoms with E-state index in [-0.39, 0.29) is 17.3 Å². The quantitative estimate of drug-likeness (QED) is 0.479. The van der Waals surface area contributed by atoms with Gasteiger partial charge < -0.3 is 14.6 Å². The largest absolute Gasteiger partial charge is 0.481 e. The van der Waals surface area contributed by atoms with Crippen molar-refractivity contribution in [3.8, 4) is 28.6 Å². The minimum atomic E-state index is -4.96. The van der Waals surface area contributed by atoms with Gasteiger partial charge in [-0.1, -0.05) is 17.3 Å². The molecule has 3 aromatic rings. The van der Waals surface area contributed by atoms with E-state index in [4.69, 9.17) is 4.52 Å². The van der Waals surface area contributed by atoms with Gasteiger partial charge in [0.25, 0.3) is 5.89 Å². The average Bonchev–Trinajstić information content (AvgIpc) is 3.22. The van der Waals surface area contributed by atoms with Gasteiger partial charge in [-0.2, -0.15) is 31.3 Å². The van der Waals surface area contributed by atoms with Crippen LogP contribution in [0.3, 0.4) is 0 Å². The molecule has 1 atom stereocenters. The topological polar surface area (TPSA) is 60.2 Å². The fourth-order valence-corrected chi connectivity index (χ4v) is 3.39. The predicted octanol–water partition coefficient (Wildman–Crippen LogP) is 6.11.